The second-order valence-electron chi connectivity index (χ2n) is 6.95. The van der Waals surface area contributed by atoms with Crippen molar-refractivity contribution in [1.82, 2.24) is 20.0 Å². The van der Waals surface area contributed by atoms with E-state index in [1.54, 1.807) is 0 Å². The lowest BCUT2D eigenvalue weighted by atomic mass is 10.2. The van der Waals surface area contributed by atoms with Gasteiger partial charge in [0.25, 0.3) is 0 Å². The zero-order valence-corrected chi connectivity index (χ0v) is 14.9. The first kappa shape index (κ1) is 16.5. The molecule has 0 amide bonds. The van der Waals surface area contributed by atoms with Gasteiger partial charge in [0.05, 0.1) is 19.3 Å². The summed E-state index contributed by atoms with van der Waals surface area (Å²) in [5, 5.41) is 4.23. The lowest BCUT2D eigenvalue weighted by Gasteiger charge is -2.27. The van der Waals surface area contributed by atoms with E-state index < -0.39 is 0 Å². The van der Waals surface area contributed by atoms with Crippen LogP contribution in [0.3, 0.4) is 0 Å². The Morgan fingerprint density at radius 3 is 2.84 bits per heavy atom. The van der Waals surface area contributed by atoms with Crippen molar-refractivity contribution in [3.05, 3.63) is 24.2 Å². The second kappa shape index (κ2) is 7.09. The highest BCUT2D eigenvalue weighted by molar-refractivity contribution is 5.59. The lowest BCUT2D eigenvalue weighted by molar-refractivity contribution is 0.122. The molecule has 2 aromatic rings. The number of aromatic nitrogens is 3. The summed E-state index contributed by atoms with van der Waals surface area (Å²) in [6, 6.07) is 4.70. The van der Waals surface area contributed by atoms with E-state index in [4.69, 9.17) is 14.2 Å². The number of ether oxygens (including phenoxy) is 1. The van der Waals surface area contributed by atoms with E-state index in [9.17, 15) is 0 Å². The fourth-order valence-corrected chi connectivity index (χ4v) is 3.68. The molecule has 0 N–H and O–H groups in total. The smallest absolute Gasteiger partial charge is 0.244 e. The van der Waals surface area contributed by atoms with Crippen molar-refractivity contribution >= 4 is 5.82 Å². The van der Waals surface area contributed by atoms with Crippen LogP contribution in [-0.4, -0.2) is 58.9 Å². The monoisotopic (exact) mass is 343 g/mol. The van der Waals surface area contributed by atoms with Crippen molar-refractivity contribution in [2.75, 3.05) is 37.7 Å². The largest absolute Gasteiger partial charge is 0.378 e. The molecule has 0 aliphatic carbocycles. The highest BCUT2D eigenvalue weighted by Gasteiger charge is 2.32. The maximum absolute atomic E-state index is 5.61. The number of morpholine rings is 1. The molecule has 4 heterocycles. The van der Waals surface area contributed by atoms with E-state index in [2.05, 4.69) is 33.8 Å². The van der Waals surface area contributed by atoms with Gasteiger partial charge >= 0.3 is 0 Å². The molecule has 2 aliphatic rings. The van der Waals surface area contributed by atoms with Gasteiger partial charge in [-0.2, -0.15) is 4.98 Å². The fraction of sp³-hybridized carbons (Fsp3) is 0.611. The lowest BCUT2D eigenvalue weighted by Crippen LogP contribution is -2.36. The second-order valence-corrected chi connectivity index (χ2v) is 6.95. The van der Waals surface area contributed by atoms with Crippen LogP contribution < -0.4 is 4.90 Å². The van der Waals surface area contributed by atoms with Crippen LogP contribution in [0.2, 0.25) is 0 Å². The molecule has 0 saturated carbocycles. The number of hydrogen-bond donors (Lipinski definition) is 0. The molecule has 0 aromatic carbocycles. The summed E-state index contributed by atoms with van der Waals surface area (Å²) in [7, 11) is 0. The third-order valence-corrected chi connectivity index (χ3v) is 5.02. The van der Waals surface area contributed by atoms with Gasteiger partial charge in [0.1, 0.15) is 5.82 Å². The molecule has 0 spiro atoms. The van der Waals surface area contributed by atoms with Crippen molar-refractivity contribution in [3.8, 4) is 11.4 Å². The molecule has 134 valence electrons. The Bertz CT molecular complexity index is 711. The van der Waals surface area contributed by atoms with Crippen LogP contribution in [0.15, 0.2) is 22.9 Å². The van der Waals surface area contributed by atoms with Crippen LogP contribution in [-0.2, 0) is 4.74 Å². The molecular formula is C18H25N5O2. The van der Waals surface area contributed by atoms with E-state index >= 15 is 0 Å². The topological polar surface area (TPSA) is 67.5 Å². The molecule has 1 atom stereocenters. The van der Waals surface area contributed by atoms with Crippen LogP contribution in [0.4, 0.5) is 5.82 Å². The van der Waals surface area contributed by atoms with E-state index in [0.29, 0.717) is 11.9 Å². The maximum Gasteiger partial charge on any atom is 0.244 e. The highest BCUT2D eigenvalue weighted by Crippen LogP contribution is 2.33. The summed E-state index contributed by atoms with van der Waals surface area (Å²) in [5.41, 5.74) is 0.945. The molecule has 0 bridgehead atoms. The molecule has 2 aliphatic heterocycles. The van der Waals surface area contributed by atoms with Gasteiger partial charge in [-0.15, -0.1) is 0 Å². The minimum Gasteiger partial charge on any atom is -0.378 e. The third-order valence-electron chi connectivity index (χ3n) is 5.02. The number of pyridine rings is 1. The van der Waals surface area contributed by atoms with Gasteiger partial charge < -0.3 is 14.2 Å². The predicted molar refractivity (Wildman–Crippen MR) is 94.4 cm³/mol. The molecule has 0 unspecified atom stereocenters. The summed E-state index contributed by atoms with van der Waals surface area (Å²) >= 11 is 0. The molecule has 7 nitrogen and oxygen atoms in total. The Labute approximate surface area is 148 Å². The third kappa shape index (κ3) is 3.39. The Balaban J connectivity index is 1.56. The Morgan fingerprint density at radius 2 is 2.04 bits per heavy atom. The van der Waals surface area contributed by atoms with Gasteiger partial charge in [-0.3, -0.25) is 4.90 Å². The summed E-state index contributed by atoms with van der Waals surface area (Å²) in [6.07, 6.45) is 4.07. The van der Waals surface area contributed by atoms with Crippen molar-refractivity contribution in [2.45, 2.75) is 38.8 Å². The SMILES string of the molecule is CC(C)N1CCC[C@H]1c1nc(-c2ccnc(N3CCOCC3)c2)no1. The zero-order valence-electron chi connectivity index (χ0n) is 14.9. The molecule has 2 aromatic heterocycles. The average Bonchev–Trinajstić information content (AvgIpc) is 3.32. The van der Waals surface area contributed by atoms with Crippen LogP contribution in [0.25, 0.3) is 11.4 Å². The summed E-state index contributed by atoms with van der Waals surface area (Å²) in [4.78, 5) is 13.8. The maximum atomic E-state index is 5.61. The molecule has 0 radical (unpaired) electrons. The molecule has 25 heavy (non-hydrogen) atoms. The summed E-state index contributed by atoms with van der Waals surface area (Å²) < 4.78 is 11.0. The predicted octanol–water partition coefficient (Wildman–Crippen LogP) is 2.51. The van der Waals surface area contributed by atoms with E-state index in [0.717, 1.165) is 56.5 Å². The van der Waals surface area contributed by atoms with Crippen LogP contribution in [0.5, 0.6) is 0 Å². The van der Waals surface area contributed by atoms with Crippen molar-refractivity contribution in [1.29, 1.82) is 0 Å². The standard InChI is InChI=1S/C18H25N5O2/c1-13(2)23-7-3-4-15(23)18-20-17(21-25-18)14-5-6-19-16(12-14)22-8-10-24-11-9-22/h5-6,12-13,15H,3-4,7-11H2,1-2H3/t15-/m0/s1. The normalized spacial score (nSPS) is 22.0. The number of rotatable bonds is 4. The minimum absolute atomic E-state index is 0.238. The quantitative estimate of drug-likeness (QED) is 0.845. The first-order chi connectivity index (χ1) is 12.2. The molecular weight excluding hydrogens is 318 g/mol. The molecule has 2 saturated heterocycles. The van der Waals surface area contributed by atoms with Crippen LogP contribution in [0.1, 0.15) is 38.6 Å². The van der Waals surface area contributed by atoms with Gasteiger partial charge in [0, 0.05) is 30.9 Å². The fourth-order valence-electron chi connectivity index (χ4n) is 3.68. The summed E-state index contributed by atoms with van der Waals surface area (Å²) in [6.45, 7) is 8.73. The van der Waals surface area contributed by atoms with Gasteiger partial charge in [0.15, 0.2) is 0 Å². The van der Waals surface area contributed by atoms with Crippen LogP contribution >= 0.6 is 0 Å². The van der Waals surface area contributed by atoms with Crippen molar-refractivity contribution < 1.29 is 9.26 Å². The minimum atomic E-state index is 0.238. The van der Waals surface area contributed by atoms with Gasteiger partial charge in [-0.1, -0.05) is 5.16 Å². The van der Waals surface area contributed by atoms with Gasteiger partial charge in [-0.25, -0.2) is 4.98 Å². The van der Waals surface area contributed by atoms with E-state index in [-0.39, 0.29) is 6.04 Å². The van der Waals surface area contributed by atoms with Gasteiger partial charge in [0.2, 0.25) is 11.7 Å². The average molecular weight is 343 g/mol. The highest BCUT2D eigenvalue weighted by atomic mass is 16.5. The Hall–Kier alpha value is -1.99. The number of nitrogens with zero attached hydrogens (tertiary/aromatic N) is 5. The number of hydrogen-bond acceptors (Lipinski definition) is 7. The zero-order chi connectivity index (χ0) is 17.2. The number of likely N-dealkylation sites (tertiary alicyclic amines) is 1. The van der Waals surface area contributed by atoms with E-state index in [1.807, 2.05) is 18.3 Å². The summed E-state index contributed by atoms with van der Waals surface area (Å²) in [5.74, 6) is 2.31. The molecule has 4 rings (SSSR count). The van der Waals surface area contributed by atoms with Gasteiger partial charge in [-0.05, 0) is 45.4 Å². The molecule has 2 fully saturated rings. The van der Waals surface area contributed by atoms with Crippen molar-refractivity contribution in [2.24, 2.45) is 0 Å². The van der Waals surface area contributed by atoms with E-state index in [1.165, 1.54) is 6.42 Å². The van der Waals surface area contributed by atoms with Crippen molar-refractivity contribution in [3.63, 3.8) is 0 Å². The van der Waals surface area contributed by atoms with Crippen LogP contribution in [0, 0.1) is 0 Å². The Morgan fingerprint density at radius 1 is 1.20 bits per heavy atom. The number of anilines is 1. The first-order valence-electron chi connectivity index (χ1n) is 9.11. The first-order valence-corrected chi connectivity index (χ1v) is 9.11. The Kier molecular flexibility index (Phi) is 4.67. The molecule has 7 heteroatoms.